The highest BCUT2D eigenvalue weighted by Gasteiger charge is 2.25. The van der Waals surface area contributed by atoms with Crippen LogP contribution in [0.2, 0.25) is 0 Å². The Kier molecular flexibility index (Phi) is 5.05. The quantitative estimate of drug-likeness (QED) is 0.823. The van der Waals surface area contributed by atoms with Gasteiger partial charge in [-0.15, -0.1) is 0 Å². The second-order valence-corrected chi connectivity index (χ2v) is 7.48. The Labute approximate surface area is 157 Å². The van der Waals surface area contributed by atoms with Gasteiger partial charge in [0, 0.05) is 44.0 Å². The molecule has 2 aromatic rings. The maximum atomic E-state index is 13.4. The van der Waals surface area contributed by atoms with Crippen molar-refractivity contribution in [3.05, 3.63) is 59.3 Å². The second-order valence-electron chi connectivity index (χ2n) is 7.48. The molecule has 1 aromatic heterocycles. The van der Waals surface area contributed by atoms with Gasteiger partial charge in [0.25, 0.3) is 5.91 Å². The van der Waals surface area contributed by atoms with Gasteiger partial charge in [-0.25, -0.2) is 13.8 Å². The van der Waals surface area contributed by atoms with Crippen LogP contribution in [0.3, 0.4) is 0 Å². The number of pyridine rings is 1. The highest BCUT2D eigenvalue weighted by molar-refractivity contribution is 5.95. The van der Waals surface area contributed by atoms with Crippen molar-refractivity contribution in [2.45, 2.75) is 25.7 Å². The van der Waals surface area contributed by atoms with Crippen LogP contribution < -0.4 is 4.90 Å². The molecule has 4 rings (SSSR count). The summed E-state index contributed by atoms with van der Waals surface area (Å²) in [7, 11) is 0. The van der Waals surface area contributed by atoms with Gasteiger partial charge in [-0.05, 0) is 61.4 Å². The standard InChI is InChI=1S/C21H23F2N3O/c22-18-10-16(11-19(23)13-18)9-15-4-8-26(14-15)20-12-17(3-5-24-20)21(27)25-6-1-2-7-25/h3,5,10-13,15H,1-2,4,6-9,14H2. The molecule has 0 radical (unpaired) electrons. The van der Waals surface area contributed by atoms with Crippen LogP contribution in [0.15, 0.2) is 36.5 Å². The van der Waals surface area contributed by atoms with Gasteiger partial charge in [-0.3, -0.25) is 4.79 Å². The Morgan fingerprint density at radius 1 is 1.07 bits per heavy atom. The molecule has 1 aromatic carbocycles. The van der Waals surface area contributed by atoms with Crippen LogP contribution in [0.25, 0.3) is 0 Å². The second kappa shape index (κ2) is 7.62. The average molecular weight is 371 g/mol. The van der Waals surface area contributed by atoms with E-state index in [9.17, 15) is 13.6 Å². The van der Waals surface area contributed by atoms with E-state index in [1.807, 2.05) is 11.0 Å². The van der Waals surface area contributed by atoms with E-state index in [2.05, 4.69) is 9.88 Å². The maximum absolute atomic E-state index is 13.4. The number of aromatic nitrogens is 1. The molecule has 2 saturated heterocycles. The maximum Gasteiger partial charge on any atom is 0.254 e. The molecule has 0 spiro atoms. The first-order valence-electron chi connectivity index (χ1n) is 9.54. The van der Waals surface area contributed by atoms with E-state index in [4.69, 9.17) is 0 Å². The third kappa shape index (κ3) is 4.10. The molecule has 0 aliphatic carbocycles. The fourth-order valence-electron chi connectivity index (χ4n) is 4.10. The van der Waals surface area contributed by atoms with E-state index in [0.717, 1.165) is 57.3 Å². The third-order valence-corrected chi connectivity index (χ3v) is 5.44. The van der Waals surface area contributed by atoms with Crippen LogP contribution in [0.4, 0.5) is 14.6 Å². The summed E-state index contributed by atoms with van der Waals surface area (Å²) >= 11 is 0. The minimum absolute atomic E-state index is 0.0714. The lowest BCUT2D eigenvalue weighted by Gasteiger charge is -2.20. The number of carbonyl (C=O) groups is 1. The molecular formula is C21H23F2N3O. The van der Waals surface area contributed by atoms with Crippen molar-refractivity contribution in [1.82, 2.24) is 9.88 Å². The molecule has 142 valence electrons. The van der Waals surface area contributed by atoms with Gasteiger partial charge < -0.3 is 9.80 Å². The van der Waals surface area contributed by atoms with E-state index in [0.29, 0.717) is 23.5 Å². The van der Waals surface area contributed by atoms with Crippen molar-refractivity contribution in [2.75, 3.05) is 31.1 Å². The smallest absolute Gasteiger partial charge is 0.254 e. The molecule has 0 bridgehead atoms. The Morgan fingerprint density at radius 2 is 1.81 bits per heavy atom. The zero-order chi connectivity index (χ0) is 18.8. The molecule has 1 atom stereocenters. The Hall–Kier alpha value is -2.50. The normalized spacial score (nSPS) is 19.7. The highest BCUT2D eigenvalue weighted by Crippen LogP contribution is 2.26. The predicted octanol–water partition coefficient (Wildman–Crippen LogP) is 3.66. The summed E-state index contributed by atoms with van der Waals surface area (Å²) in [6, 6.07) is 7.34. The molecule has 2 fully saturated rings. The minimum Gasteiger partial charge on any atom is -0.356 e. The number of anilines is 1. The van der Waals surface area contributed by atoms with E-state index in [-0.39, 0.29) is 5.91 Å². The van der Waals surface area contributed by atoms with Gasteiger partial charge in [0.15, 0.2) is 0 Å². The third-order valence-electron chi connectivity index (χ3n) is 5.44. The Bertz CT molecular complexity index is 816. The van der Waals surface area contributed by atoms with E-state index in [1.165, 1.54) is 12.1 Å². The largest absolute Gasteiger partial charge is 0.356 e. The fraction of sp³-hybridized carbons (Fsp3) is 0.429. The Balaban J connectivity index is 1.42. The van der Waals surface area contributed by atoms with Crippen LogP contribution >= 0.6 is 0 Å². The zero-order valence-electron chi connectivity index (χ0n) is 15.2. The summed E-state index contributed by atoms with van der Waals surface area (Å²) in [6.07, 6.45) is 5.39. The number of nitrogens with zero attached hydrogens (tertiary/aromatic N) is 3. The molecule has 1 amide bonds. The van der Waals surface area contributed by atoms with Gasteiger partial charge in [-0.2, -0.15) is 0 Å². The highest BCUT2D eigenvalue weighted by atomic mass is 19.1. The van der Waals surface area contributed by atoms with Crippen LogP contribution in [0, 0.1) is 17.6 Å². The molecule has 0 saturated carbocycles. The Morgan fingerprint density at radius 3 is 2.56 bits per heavy atom. The lowest BCUT2D eigenvalue weighted by molar-refractivity contribution is 0.0792. The first-order chi connectivity index (χ1) is 13.1. The molecule has 4 nitrogen and oxygen atoms in total. The number of benzene rings is 1. The van der Waals surface area contributed by atoms with Crippen LogP contribution in [0.1, 0.15) is 35.2 Å². The topological polar surface area (TPSA) is 36.4 Å². The van der Waals surface area contributed by atoms with Crippen LogP contribution in [-0.2, 0) is 6.42 Å². The van der Waals surface area contributed by atoms with Crippen LogP contribution in [-0.4, -0.2) is 42.0 Å². The van der Waals surface area contributed by atoms with Gasteiger partial charge in [0.1, 0.15) is 17.5 Å². The van der Waals surface area contributed by atoms with Gasteiger partial charge in [-0.1, -0.05) is 0 Å². The molecule has 2 aliphatic rings. The number of carbonyl (C=O) groups excluding carboxylic acids is 1. The monoisotopic (exact) mass is 371 g/mol. The summed E-state index contributed by atoms with van der Waals surface area (Å²) in [4.78, 5) is 21.1. The van der Waals surface area contributed by atoms with Gasteiger partial charge in [0.05, 0.1) is 0 Å². The van der Waals surface area contributed by atoms with Crippen LogP contribution in [0.5, 0.6) is 0 Å². The number of halogens is 2. The molecule has 3 heterocycles. The zero-order valence-corrected chi connectivity index (χ0v) is 15.2. The van der Waals surface area contributed by atoms with Crippen molar-refractivity contribution < 1.29 is 13.6 Å². The minimum atomic E-state index is -0.533. The molecular weight excluding hydrogens is 348 g/mol. The van der Waals surface area contributed by atoms with E-state index in [1.54, 1.807) is 12.3 Å². The molecule has 1 unspecified atom stereocenters. The predicted molar refractivity (Wildman–Crippen MR) is 99.8 cm³/mol. The summed E-state index contributed by atoms with van der Waals surface area (Å²) in [5.41, 5.74) is 1.36. The van der Waals surface area contributed by atoms with Crippen molar-refractivity contribution in [1.29, 1.82) is 0 Å². The molecule has 6 heteroatoms. The van der Waals surface area contributed by atoms with Crippen molar-refractivity contribution >= 4 is 11.7 Å². The number of rotatable bonds is 4. The molecule has 2 aliphatic heterocycles. The lowest BCUT2D eigenvalue weighted by Crippen LogP contribution is -2.28. The van der Waals surface area contributed by atoms with Gasteiger partial charge in [0.2, 0.25) is 0 Å². The molecule has 0 N–H and O–H groups in total. The molecule has 27 heavy (non-hydrogen) atoms. The fourth-order valence-corrected chi connectivity index (χ4v) is 4.10. The number of amides is 1. The van der Waals surface area contributed by atoms with E-state index >= 15 is 0 Å². The van der Waals surface area contributed by atoms with E-state index < -0.39 is 11.6 Å². The SMILES string of the molecule is O=C(c1ccnc(N2CCC(Cc3cc(F)cc(F)c3)C2)c1)N1CCCC1. The summed E-state index contributed by atoms with van der Waals surface area (Å²) in [5.74, 6) is 0.116. The first kappa shape index (κ1) is 17.9. The average Bonchev–Trinajstić information content (AvgIpc) is 3.32. The van der Waals surface area contributed by atoms with Crippen molar-refractivity contribution in [2.24, 2.45) is 5.92 Å². The van der Waals surface area contributed by atoms with Crippen molar-refractivity contribution in [3.8, 4) is 0 Å². The number of hydrogen-bond donors (Lipinski definition) is 0. The summed E-state index contributed by atoms with van der Waals surface area (Å²) in [6.45, 7) is 3.25. The van der Waals surface area contributed by atoms with Crippen molar-refractivity contribution in [3.63, 3.8) is 0 Å². The number of likely N-dealkylation sites (tertiary alicyclic amines) is 1. The lowest BCUT2D eigenvalue weighted by atomic mass is 9.98. The first-order valence-corrected chi connectivity index (χ1v) is 9.54. The van der Waals surface area contributed by atoms with Gasteiger partial charge >= 0.3 is 0 Å². The summed E-state index contributed by atoms with van der Waals surface area (Å²) in [5, 5.41) is 0. The number of hydrogen-bond acceptors (Lipinski definition) is 3. The summed E-state index contributed by atoms with van der Waals surface area (Å²) < 4.78 is 26.8.